The van der Waals surface area contributed by atoms with E-state index in [0.29, 0.717) is 43.1 Å². The molecule has 1 aliphatic rings. The molecule has 146 valence electrons. The third-order valence-corrected chi connectivity index (χ3v) is 5.46. The van der Waals surface area contributed by atoms with Gasteiger partial charge in [-0.05, 0) is 31.4 Å². The van der Waals surface area contributed by atoms with Crippen LogP contribution < -0.4 is 0 Å². The molecule has 0 bridgehead atoms. The van der Waals surface area contributed by atoms with Gasteiger partial charge in [-0.3, -0.25) is 4.79 Å². The number of morpholine rings is 1. The van der Waals surface area contributed by atoms with Crippen molar-refractivity contribution in [1.82, 2.24) is 15.0 Å². The van der Waals surface area contributed by atoms with Gasteiger partial charge in [0.25, 0.3) is 11.6 Å². The first-order chi connectivity index (χ1) is 13.5. The van der Waals surface area contributed by atoms with Gasteiger partial charge in [-0.1, -0.05) is 11.2 Å². The number of pyridine rings is 1. The molecule has 0 N–H and O–H groups in total. The van der Waals surface area contributed by atoms with E-state index < -0.39 is 12.1 Å². The molecule has 1 amide bonds. The Morgan fingerprint density at radius 3 is 2.82 bits per heavy atom. The van der Waals surface area contributed by atoms with E-state index in [2.05, 4.69) is 10.1 Å². The third-order valence-electron chi connectivity index (χ3n) is 4.56. The van der Waals surface area contributed by atoms with Crippen LogP contribution in [0.4, 0.5) is 0 Å². The Morgan fingerprint density at radius 1 is 1.32 bits per heavy atom. The maximum Gasteiger partial charge on any atom is 0.339 e. The third kappa shape index (κ3) is 3.50. The number of aromatic nitrogens is 2. The molecule has 0 unspecified atom stereocenters. The molecule has 1 saturated heterocycles. The summed E-state index contributed by atoms with van der Waals surface area (Å²) >= 11 is 1.50. The Bertz CT molecular complexity index is 1010. The van der Waals surface area contributed by atoms with Gasteiger partial charge < -0.3 is 18.9 Å². The lowest BCUT2D eigenvalue weighted by Crippen LogP contribution is -2.46. The minimum atomic E-state index is -0.904. The van der Waals surface area contributed by atoms with E-state index in [1.807, 2.05) is 17.5 Å². The molecule has 3 aromatic rings. The second-order valence-electron chi connectivity index (χ2n) is 6.47. The molecule has 0 spiro atoms. The summed E-state index contributed by atoms with van der Waals surface area (Å²) in [6.07, 6.45) is -0.904. The molecule has 4 rings (SSSR count). The Balaban J connectivity index is 1.62. The molecule has 8 nitrogen and oxygen atoms in total. The number of aryl methyl sites for hydroxylation is 1. The van der Waals surface area contributed by atoms with Crippen LogP contribution in [0.15, 0.2) is 28.1 Å². The number of nitrogens with zero attached hydrogens (tertiary/aromatic N) is 3. The highest BCUT2D eigenvalue weighted by Crippen LogP contribution is 2.30. The first-order valence-electron chi connectivity index (χ1n) is 8.93. The van der Waals surface area contributed by atoms with Crippen LogP contribution >= 0.6 is 11.3 Å². The van der Waals surface area contributed by atoms with Crippen molar-refractivity contribution in [3.8, 4) is 10.6 Å². The highest BCUT2D eigenvalue weighted by atomic mass is 32.1. The van der Waals surface area contributed by atoms with Crippen molar-refractivity contribution in [3.63, 3.8) is 0 Å². The summed E-state index contributed by atoms with van der Waals surface area (Å²) in [6.45, 7) is 5.27. The molecule has 3 aromatic heterocycles. The van der Waals surface area contributed by atoms with Gasteiger partial charge in [0.05, 0.1) is 40.4 Å². The fraction of sp³-hybridized carbons (Fsp3) is 0.368. The van der Waals surface area contributed by atoms with E-state index in [1.54, 1.807) is 24.8 Å². The lowest BCUT2D eigenvalue weighted by atomic mass is 10.1. The van der Waals surface area contributed by atoms with Crippen LogP contribution in [0.1, 0.15) is 23.0 Å². The topological polar surface area (TPSA) is 94.8 Å². The molecular formula is C19H19N3O5S. The van der Waals surface area contributed by atoms with Crippen LogP contribution in [0.5, 0.6) is 0 Å². The van der Waals surface area contributed by atoms with E-state index in [4.69, 9.17) is 14.0 Å². The molecule has 4 heterocycles. The molecule has 9 heteroatoms. The highest BCUT2D eigenvalue weighted by Gasteiger charge is 2.28. The quantitative estimate of drug-likeness (QED) is 0.620. The largest absolute Gasteiger partial charge is 0.449 e. The van der Waals surface area contributed by atoms with Gasteiger partial charge in [0.15, 0.2) is 6.10 Å². The maximum absolute atomic E-state index is 12.9. The van der Waals surface area contributed by atoms with E-state index in [1.165, 1.54) is 11.3 Å². The molecule has 0 aromatic carbocycles. The van der Waals surface area contributed by atoms with Crippen LogP contribution in [-0.4, -0.2) is 59.3 Å². The highest BCUT2D eigenvalue weighted by molar-refractivity contribution is 7.13. The van der Waals surface area contributed by atoms with Gasteiger partial charge in [0, 0.05) is 13.1 Å². The fourth-order valence-corrected chi connectivity index (χ4v) is 3.81. The van der Waals surface area contributed by atoms with Gasteiger partial charge in [0.2, 0.25) is 0 Å². The SMILES string of the molecule is Cc1noc2nc(-c3cccs3)cc(C(=O)O[C@H](C)C(=O)N3CCOCC3)c12. The van der Waals surface area contributed by atoms with Gasteiger partial charge in [0.1, 0.15) is 0 Å². The normalized spacial score (nSPS) is 15.6. The molecule has 0 radical (unpaired) electrons. The second kappa shape index (κ2) is 7.69. The predicted molar refractivity (Wildman–Crippen MR) is 102 cm³/mol. The van der Waals surface area contributed by atoms with E-state index in [-0.39, 0.29) is 17.2 Å². The van der Waals surface area contributed by atoms with Crippen molar-refractivity contribution in [2.45, 2.75) is 20.0 Å². The fourth-order valence-electron chi connectivity index (χ4n) is 3.12. The first kappa shape index (κ1) is 18.6. The zero-order valence-electron chi connectivity index (χ0n) is 15.5. The van der Waals surface area contributed by atoms with E-state index in [9.17, 15) is 9.59 Å². The first-order valence-corrected chi connectivity index (χ1v) is 9.81. The number of fused-ring (bicyclic) bond motifs is 1. The maximum atomic E-state index is 12.9. The number of thiophene rings is 1. The van der Waals surface area contributed by atoms with Crippen molar-refractivity contribution >= 4 is 34.3 Å². The standard InChI is InChI=1S/C19H19N3O5S/c1-11-16-13(10-14(15-4-3-9-28-15)20-17(16)27-21-11)19(24)26-12(2)18(23)22-5-7-25-8-6-22/h3-4,9-10,12H,5-8H2,1-2H3/t12-/m1/s1. The van der Waals surface area contributed by atoms with Gasteiger partial charge in [-0.15, -0.1) is 11.3 Å². The molecule has 1 aliphatic heterocycles. The van der Waals surface area contributed by atoms with Crippen molar-refractivity contribution in [3.05, 3.63) is 34.8 Å². The number of hydrogen-bond donors (Lipinski definition) is 0. The van der Waals surface area contributed by atoms with Crippen LogP contribution in [-0.2, 0) is 14.3 Å². The predicted octanol–water partition coefficient (Wildman–Crippen LogP) is 2.66. The van der Waals surface area contributed by atoms with Crippen LogP contribution in [0.25, 0.3) is 21.7 Å². The molecule has 28 heavy (non-hydrogen) atoms. The number of carbonyl (C=O) groups excluding carboxylic acids is 2. The summed E-state index contributed by atoms with van der Waals surface area (Å²) in [6, 6.07) is 5.47. The second-order valence-corrected chi connectivity index (χ2v) is 7.41. The Morgan fingerprint density at radius 2 is 2.11 bits per heavy atom. The van der Waals surface area contributed by atoms with E-state index in [0.717, 1.165) is 4.88 Å². The lowest BCUT2D eigenvalue weighted by molar-refractivity contribution is -0.143. The number of hydrogen-bond acceptors (Lipinski definition) is 8. The molecule has 1 fully saturated rings. The zero-order valence-corrected chi connectivity index (χ0v) is 16.3. The summed E-state index contributed by atoms with van der Waals surface area (Å²) < 4.78 is 16.0. The summed E-state index contributed by atoms with van der Waals surface area (Å²) in [5.74, 6) is -0.840. The summed E-state index contributed by atoms with van der Waals surface area (Å²) in [7, 11) is 0. The van der Waals surface area contributed by atoms with Crippen molar-refractivity contribution in [2.75, 3.05) is 26.3 Å². The Labute approximate surface area is 165 Å². The lowest BCUT2D eigenvalue weighted by Gasteiger charge is -2.29. The molecular weight excluding hydrogens is 382 g/mol. The zero-order chi connectivity index (χ0) is 19.7. The summed E-state index contributed by atoms with van der Waals surface area (Å²) in [5, 5.41) is 6.34. The summed E-state index contributed by atoms with van der Waals surface area (Å²) in [5.41, 5.74) is 1.69. The number of amides is 1. The molecule has 0 saturated carbocycles. The van der Waals surface area contributed by atoms with Gasteiger partial charge >= 0.3 is 5.97 Å². The number of rotatable bonds is 4. The summed E-state index contributed by atoms with van der Waals surface area (Å²) in [4.78, 5) is 32.5. The van der Waals surface area contributed by atoms with Gasteiger partial charge in [-0.2, -0.15) is 0 Å². The average molecular weight is 401 g/mol. The van der Waals surface area contributed by atoms with Gasteiger partial charge in [-0.25, -0.2) is 9.78 Å². The van der Waals surface area contributed by atoms with Crippen LogP contribution in [0, 0.1) is 6.92 Å². The number of ether oxygens (including phenoxy) is 2. The van der Waals surface area contributed by atoms with Crippen molar-refractivity contribution < 1.29 is 23.6 Å². The number of esters is 1. The average Bonchev–Trinajstić information content (AvgIpc) is 3.37. The number of carbonyl (C=O) groups is 2. The minimum Gasteiger partial charge on any atom is -0.449 e. The molecule has 0 aliphatic carbocycles. The van der Waals surface area contributed by atoms with Crippen LogP contribution in [0.3, 0.4) is 0 Å². The minimum absolute atomic E-state index is 0.234. The van der Waals surface area contributed by atoms with E-state index >= 15 is 0 Å². The smallest absolute Gasteiger partial charge is 0.339 e. The Kier molecular flexibility index (Phi) is 5.10. The van der Waals surface area contributed by atoms with Crippen molar-refractivity contribution in [2.24, 2.45) is 0 Å². The monoisotopic (exact) mass is 401 g/mol. The molecule has 1 atom stereocenters. The van der Waals surface area contributed by atoms with Crippen molar-refractivity contribution in [1.29, 1.82) is 0 Å². The van der Waals surface area contributed by atoms with Crippen LogP contribution in [0.2, 0.25) is 0 Å². The Hall–Kier alpha value is -2.78.